The highest BCUT2D eigenvalue weighted by Gasteiger charge is 2.30. The number of nitro benzene ring substituents is 1. The number of benzene rings is 1. The van der Waals surface area contributed by atoms with Crippen molar-refractivity contribution >= 4 is 23.1 Å². The summed E-state index contributed by atoms with van der Waals surface area (Å²) < 4.78 is 37.2. The lowest BCUT2D eigenvalue weighted by Gasteiger charge is -2.07. The third-order valence-corrected chi connectivity index (χ3v) is 3.33. The van der Waals surface area contributed by atoms with Gasteiger partial charge in [0.2, 0.25) is 0 Å². The van der Waals surface area contributed by atoms with E-state index in [0.717, 1.165) is 17.8 Å². The molecule has 110 valence electrons. The maximum atomic E-state index is 12.4. The molecule has 0 unspecified atom stereocenters. The van der Waals surface area contributed by atoms with E-state index in [2.05, 4.69) is 4.98 Å². The number of anilines is 1. The molecule has 9 heteroatoms. The van der Waals surface area contributed by atoms with Crippen LogP contribution in [0.25, 0.3) is 0 Å². The van der Waals surface area contributed by atoms with Crippen molar-refractivity contribution in [3.63, 3.8) is 0 Å². The summed E-state index contributed by atoms with van der Waals surface area (Å²) in [4.78, 5) is 14.2. The summed E-state index contributed by atoms with van der Waals surface area (Å²) in [7, 11) is 0. The molecule has 0 bridgehead atoms. The van der Waals surface area contributed by atoms with Gasteiger partial charge in [-0.2, -0.15) is 13.2 Å². The lowest BCUT2D eigenvalue weighted by atomic mass is 10.3. The van der Waals surface area contributed by atoms with Gasteiger partial charge in [-0.3, -0.25) is 10.1 Å². The van der Waals surface area contributed by atoms with E-state index in [0.29, 0.717) is 11.1 Å². The molecular weight excluding hydrogens is 307 g/mol. The number of nitrogens with two attached hydrogens (primary N) is 1. The van der Waals surface area contributed by atoms with Crippen molar-refractivity contribution < 1.29 is 18.1 Å². The molecule has 2 aromatic rings. The molecule has 0 spiro atoms. The largest absolute Gasteiger partial charge is 0.417 e. The van der Waals surface area contributed by atoms with Gasteiger partial charge in [-0.1, -0.05) is 11.8 Å². The zero-order valence-electron chi connectivity index (χ0n) is 10.3. The SMILES string of the molecule is Nc1cc(Sc2ccc(C(F)(F)F)cn2)cc([N+](=O)[O-])c1. The Morgan fingerprint density at radius 3 is 2.48 bits per heavy atom. The normalized spacial score (nSPS) is 11.4. The van der Waals surface area contributed by atoms with Crippen LogP contribution in [0.2, 0.25) is 0 Å². The van der Waals surface area contributed by atoms with Crippen molar-refractivity contribution in [3.05, 3.63) is 52.2 Å². The number of rotatable bonds is 3. The number of hydrogen-bond acceptors (Lipinski definition) is 5. The molecule has 0 aliphatic carbocycles. The third kappa shape index (κ3) is 3.85. The van der Waals surface area contributed by atoms with Crippen LogP contribution in [0.3, 0.4) is 0 Å². The minimum Gasteiger partial charge on any atom is -0.398 e. The number of nitrogens with zero attached hydrogens (tertiary/aromatic N) is 2. The number of nitro groups is 1. The summed E-state index contributed by atoms with van der Waals surface area (Å²) in [5.74, 6) is 0. The zero-order valence-corrected chi connectivity index (χ0v) is 11.1. The third-order valence-electron chi connectivity index (χ3n) is 2.41. The van der Waals surface area contributed by atoms with Gasteiger partial charge in [0.05, 0.1) is 10.5 Å². The summed E-state index contributed by atoms with van der Waals surface area (Å²) >= 11 is 0.990. The maximum absolute atomic E-state index is 12.4. The van der Waals surface area contributed by atoms with Gasteiger partial charge in [-0.05, 0) is 18.2 Å². The quantitative estimate of drug-likeness (QED) is 0.530. The molecule has 0 aliphatic rings. The smallest absolute Gasteiger partial charge is 0.398 e. The van der Waals surface area contributed by atoms with Crippen molar-refractivity contribution in [2.75, 3.05) is 5.73 Å². The molecule has 0 atom stereocenters. The van der Waals surface area contributed by atoms with Crippen LogP contribution in [0, 0.1) is 10.1 Å². The lowest BCUT2D eigenvalue weighted by Crippen LogP contribution is -2.05. The minimum absolute atomic E-state index is 0.190. The number of halogens is 3. The number of hydrogen-bond donors (Lipinski definition) is 1. The van der Waals surface area contributed by atoms with Gasteiger partial charge in [0.25, 0.3) is 5.69 Å². The van der Waals surface area contributed by atoms with Crippen molar-refractivity contribution in [1.29, 1.82) is 0 Å². The van der Waals surface area contributed by atoms with Crippen molar-refractivity contribution in [2.24, 2.45) is 0 Å². The first-order chi connectivity index (χ1) is 9.75. The molecule has 1 aromatic heterocycles. The van der Waals surface area contributed by atoms with Gasteiger partial charge in [-0.15, -0.1) is 0 Å². The Kier molecular flexibility index (Phi) is 4.03. The Balaban J connectivity index is 2.24. The van der Waals surface area contributed by atoms with Crippen LogP contribution in [0.5, 0.6) is 0 Å². The molecule has 5 nitrogen and oxygen atoms in total. The highest BCUT2D eigenvalue weighted by molar-refractivity contribution is 7.99. The number of aromatic nitrogens is 1. The molecule has 2 rings (SSSR count). The molecule has 1 heterocycles. The molecule has 0 saturated heterocycles. The van der Waals surface area contributed by atoms with Gasteiger partial charge in [0.1, 0.15) is 5.03 Å². The summed E-state index contributed by atoms with van der Waals surface area (Å²) in [5, 5.41) is 11.0. The molecule has 1 aromatic carbocycles. The van der Waals surface area contributed by atoms with Crippen LogP contribution < -0.4 is 5.73 Å². The maximum Gasteiger partial charge on any atom is 0.417 e. The van der Waals surface area contributed by atoms with Crippen molar-refractivity contribution in [3.8, 4) is 0 Å². The zero-order chi connectivity index (χ0) is 15.6. The Morgan fingerprint density at radius 2 is 1.95 bits per heavy atom. The second-order valence-corrected chi connectivity index (χ2v) is 5.10. The molecular formula is C12H8F3N3O2S. The number of alkyl halides is 3. The lowest BCUT2D eigenvalue weighted by molar-refractivity contribution is -0.385. The van der Waals surface area contributed by atoms with E-state index >= 15 is 0 Å². The Labute approximate surface area is 121 Å². The van der Waals surface area contributed by atoms with Crippen LogP contribution in [-0.4, -0.2) is 9.91 Å². The molecule has 0 fully saturated rings. The first-order valence-corrected chi connectivity index (χ1v) is 6.33. The summed E-state index contributed by atoms with van der Waals surface area (Å²) in [6.07, 6.45) is -3.74. The van der Waals surface area contributed by atoms with E-state index in [1.165, 1.54) is 24.3 Å². The van der Waals surface area contributed by atoms with E-state index in [1.54, 1.807) is 0 Å². The highest BCUT2D eigenvalue weighted by atomic mass is 32.2. The average Bonchev–Trinajstić information content (AvgIpc) is 2.37. The first kappa shape index (κ1) is 15.1. The Morgan fingerprint density at radius 1 is 1.24 bits per heavy atom. The van der Waals surface area contributed by atoms with E-state index in [-0.39, 0.29) is 16.4 Å². The van der Waals surface area contributed by atoms with Gasteiger partial charge in [0.15, 0.2) is 0 Å². The average molecular weight is 315 g/mol. The first-order valence-electron chi connectivity index (χ1n) is 5.52. The molecule has 21 heavy (non-hydrogen) atoms. The van der Waals surface area contributed by atoms with Crippen molar-refractivity contribution in [2.45, 2.75) is 16.1 Å². The number of nitrogen functional groups attached to an aromatic ring is 1. The molecule has 2 N–H and O–H groups in total. The fraction of sp³-hybridized carbons (Fsp3) is 0.0833. The monoisotopic (exact) mass is 315 g/mol. The predicted molar refractivity (Wildman–Crippen MR) is 70.9 cm³/mol. The van der Waals surface area contributed by atoms with Crippen LogP contribution in [-0.2, 0) is 6.18 Å². The Hall–Kier alpha value is -2.29. The standard InChI is InChI=1S/C12H8F3N3O2S/c13-12(14,15)7-1-2-11(17-6-7)21-10-4-8(16)3-9(5-10)18(19)20/h1-6H,16H2. The Bertz CT molecular complexity index is 674. The van der Waals surface area contributed by atoms with E-state index < -0.39 is 16.7 Å². The minimum atomic E-state index is -4.45. The van der Waals surface area contributed by atoms with E-state index in [9.17, 15) is 23.3 Å². The summed E-state index contributed by atoms with van der Waals surface area (Å²) in [6.45, 7) is 0. The molecule has 0 saturated carbocycles. The van der Waals surface area contributed by atoms with Crippen LogP contribution in [0.15, 0.2) is 46.5 Å². The van der Waals surface area contributed by atoms with Gasteiger partial charge < -0.3 is 5.73 Å². The van der Waals surface area contributed by atoms with Crippen molar-refractivity contribution in [1.82, 2.24) is 4.98 Å². The molecule has 0 amide bonds. The predicted octanol–water partition coefficient (Wildman–Crippen LogP) is 3.74. The fourth-order valence-corrected chi connectivity index (χ4v) is 2.36. The topological polar surface area (TPSA) is 82.0 Å². The van der Waals surface area contributed by atoms with Crippen LogP contribution >= 0.6 is 11.8 Å². The second kappa shape index (κ2) is 5.60. The molecule has 0 aliphatic heterocycles. The highest BCUT2D eigenvalue weighted by Crippen LogP contribution is 2.33. The van der Waals surface area contributed by atoms with Crippen LogP contribution in [0.4, 0.5) is 24.5 Å². The van der Waals surface area contributed by atoms with Gasteiger partial charge in [-0.25, -0.2) is 4.98 Å². The van der Waals surface area contributed by atoms with Crippen LogP contribution in [0.1, 0.15) is 5.56 Å². The second-order valence-electron chi connectivity index (χ2n) is 4.00. The van der Waals surface area contributed by atoms with Gasteiger partial charge in [0, 0.05) is 28.9 Å². The summed E-state index contributed by atoms with van der Waals surface area (Å²) in [6, 6.07) is 6.06. The molecule has 0 radical (unpaired) electrons. The summed E-state index contributed by atoms with van der Waals surface area (Å²) in [5.41, 5.74) is 4.69. The number of non-ortho nitro benzene ring substituents is 1. The fourth-order valence-electron chi connectivity index (χ4n) is 1.50. The van der Waals surface area contributed by atoms with E-state index in [1.807, 2.05) is 0 Å². The van der Waals surface area contributed by atoms with E-state index in [4.69, 9.17) is 5.73 Å². The number of pyridine rings is 1. The van der Waals surface area contributed by atoms with Gasteiger partial charge >= 0.3 is 6.18 Å².